The molecule has 4 rings (SSSR count). The fourth-order valence-corrected chi connectivity index (χ4v) is 3.43. The average molecular weight is 271 g/mol. The first-order chi connectivity index (χ1) is 9.83. The molecule has 2 aromatic rings. The second kappa shape index (κ2) is 4.51. The summed E-state index contributed by atoms with van der Waals surface area (Å²) in [5.74, 6) is 2.02. The molecule has 0 saturated heterocycles. The van der Waals surface area contributed by atoms with Gasteiger partial charge in [-0.3, -0.25) is 9.89 Å². The van der Waals surface area contributed by atoms with Crippen molar-refractivity contribution in [2.24, 2.45) is 11.8 Å². The predicted molar refractivity (Wildman–Crippen MR) is 73.0 cm³/mol. The maximum atomic E-state index is 12.2. The van der Waals surface area contributed by atoms with E-state index in [9.17, 15) is 4.79 Å². The zero-order chi connectivity index (χ0) is 13.5. The molecule has 5 nitrogen and oxygen atoms in total. The summed E-state index contributed by atoms with van der Waals surface area (Å²) < 4.78 is 5.28. The van der Waals surface area contributed by atoms with Crippen LogP contribution in [0.25, 0.3) is 11.5 Å². The summed E-state index contributed by atoms with van der Waals surface area (Å²) in [6, 6.07) is 5.75. The van der Waals surface area contributed by atoms with Crippen LogP contribution in [0.3, 0.4) is 0 Å². The number of H-pyrrole nitrogens is 1. The average Bonchev–Trinajstić information content (AvgIpc) is 2.94. The number of aromatic nitrogens is 2. The van der Waals surface area contributed by atoms with Crippen molar-refractivity contribution in [3.05, 3.63) is 30.2 Å². The van der Waals surface area contributed by atoms with Crippen LogP contribution in [0.15, 0.2) is 28.9 Å². The second-order valence-corrected chi connectivity index (χ2v) is 5.76. The maximum Gasteiger partial charge on any atom is 0.272 e. The van der Waals surface area contributed by atoms with Crippen LogP contribution in [0, 0.1) is 11.8 Å². The van der Waals surface area contributed by atoms with Crippen molar-refractivity contribution in [2.45, 2.75) is 31.7 Å². The van der Waals surface area contributed by atoms with Crippen LogP contribution in [0.5, 0.6) is 0 Å². The van der Waals surface area contributed by atoms with Crippen molar-refractivity contribution in [3.63, 3.8) is 0 Å². The molecule has 2 aliphatic rings. The fourth-order valence-electron chi connectivity index (χ4n) is 3.43. The number of rotatable bonds is 3. The number of amides is 1. The van der Waals surface area contributed by atoms with E-state index >= 15 is 0 Å². The van der Waals surface area contributed by atoms with Gasteiger partial charge in [-0.25, -0.2) is 0 Å². The summed E-state index contributed by atoms with van der Waals surface area (Å²) in [7, 11) is 0. The number of hydrogen-bond acceptors (Lipinski definition) is 3. The van der Waals surface area contributed by atoms with E-state index in [-0.39, 0.29) is 5.91 Å². The van der Waals surface area contributed by atoms with Crippen molar-refractivity contribution < 1.29 is 9.21 Å². The van der Waals surface area contributed by atoms with Gasteiger partial charge < -0.3 is 9.73 Å². The lowest BCUT2D eigenvalue weighted by Gasteiger charge is -2.04. The van der Waals surface area contributed by atoms with Crippen LogP contribution >= 0.6 is 0 Å². The van der Waals surface area contributed by atoms with Gasteiger partial charge in [-0.15, -0.1) is 0 Å². The highest BCUT2D eigenvalue weighted by molar-refractivity contribution is 5.93. The molecule has 2 fully saturated rings. The van der Waals surface area contributed by atoms with Crippen LogP contribution in [-0.4, -0.2) is 22.1 Å². The summed E-state index contributed by atoms with van der Waals surface area (Å²) in [5.41, 5.74) is 1.16. The standard InChI is InChI=1S/C15H17N3O2/c19-15(16-14-9-4-1-2-5-10(9)14)12-8-11(17-18-12)13-6-3-7-20-13/h3,6-10,14H,1-2,4-5H2,(H,16,19)(H,17,18). The van der Waals surface area contributed by atoms with Crippen molar-refractivity contribution >= 4 is 5.91 Å². The third-order valence-corrected chi connectivity index (χ3v) is 4.55. The summed E-state index contributed by atoms with van der Waals surface area (Å²) >= 11 is 0. The third kappa shape index (κ3) is 1.94. The molecule has 2 aromatic heterocycles. The molecule has 2 N–H and O–H groups in total. The summed E-state index contributed by atoms with van der Waals surface area (Å²) in [5, 5.41) is 10.0. The SMILES string of the molecule is O=C(NC1C2CCCCC21)c1cc(-c2ccco2)[nH]n1. The minimum Gasteiger partial charge on any atom is -0.463 e. The molecule has 2 aliphatic carbocycles. The van der Waals surface area contributed by atoms with Crippen molar-refractivity contribution in [1.82, 2.24) is 15.5 Å². The number of carbonyl (C=O) groups is 1. The van der Waals surface area contributed by atoms with E-state index in [1.54, 1.807) is 12.3 Å². The number of aromatic amines is 1. The Morgan fingerprint density at radius 1 is 1.35 bits per heavy atom. The van der Waals surface area contributed by atoms with Gasteiger partial charge in [0.15, 0.2) is 11.5 Å². The van der Waals surface area contributed by atoms with E-state index in [2.05, 4.69) is 15.5 Å². The molecule has 104 valence electrons. The Balaban J connectivity index is 1.44. The van der Waals surface area contributed by atoms with Crippen LogP contribution in [0.2, 0.25) is 0 Å². The molecule has 0 radical (unpaired) electrons. The normalized spacial score (nSPS) is 27.9. The number of nitrogens with one attached hydrogen (secondary N) is 2. The van der Waals surface area contributed by atoms with E-state index in [1.807, 2.05) is 12.1 Å². The van der Waals surface area contributed by atoms with Gasteiger partial charge in [0.1, 0.15) is 5.69 Å². The van der Waals surface area contributed by atoms with Crippen LogP contribution in [0.4, 0.5) is 0 Å². The lowest BCUT2D eigenvalue weighted by molar-refractivity contribution is 0.0942. The van der Waals surface area contributed by atoms with Gasteiger partial charge in [0.25, 0.3) is 5.91 Å². The van der Waals surface area contributed by atoms with Crippen LogP contribution < -0.4 is 5.32 Å². The number of hydrogen-bond donors (Lipinski definition) is 2. The first-order valence-electron chi connectivity index (χ1n) is 7.23. The molecule has 20 heavy (non-hydrogen) atoms. The van der Waals surface area contributed by atoms with Gasteiger partial charge in [0.2, 0.25) is 0 Å². The molecule has 2 heterocycles. The van der Waals surface area contributed by atoms with Crippen LogP contribution in [0.1, 0.15) is 36.2 Å². The van der Waals surface area contributed by atoms with E-state index < -0.39 is 0 Å². The van der Waals surface area contributed by atoms with Crippen molar-refractivity contribution in [2.75, 3.05) is 0 Å². The zero-order valence-corrected chi connectivity index (χ0v) is 11.1. The molecule has 5 heteroatoms. The molecule has 1 amide bonds. The Morgan fingerprint density at radius 2 is 2.15 bits per heavy atom. The summed E-state index contributed by atoms with van der Waals surface area (Å²) in [6.45, 7) is 0. The zero-order valence-electron chi connectivity index (χ0n) is 11.1. The molecule has 0 aromatic carbocycles. The van der Waals surface area contributed by atoms with Crippen molar-refractivity contribution in [1.29, 1.82) is 0 Å². The number of nitrogens with zero attached hydrogens (tertiary/aromatic N) is 1. The highest BCUT2D eigenvalue weighted by Gasteiger charge is 2.51. The molecule has 0 spiro atoms. The second-order valence-electron chi connectivity index (χ2n) is 5.76. The number of carbonyl (C=O) groups excluding carboxylic acids is 1. The molecule has 0 bridgehead atoms. The fraction of sp³-hybridized carbons (Fsp3) is 0.467. The van der Waals surface area contributed by atoms with Gasteiger partial charge in [-0.2, -0.15) is 5.10 Å². The van der Waals surface area contributed by atoms with Crippen LogP contribution in [-0.2, 0) is 0 Å². The largest absolute Gasteiger partial charge is 0.463 e. The van der Waals surface area contributed by atoms with E-state index in [1.165, 1.54) is 25.7 Å². The summed E-state index contributed by atoms with van der Waals surface area (Å²) in [4.78, 5) is 12.2. The highest BCUT2D eigenvalue weighted by Crippen LogP contribution is 2.49. The molecular formula is C15H17N3O2. The Hall–Kier alpha value is -2.04. The van der Waals surface area contributed by atoms with E-state index in [0.717, 1.165) is 5.69 Å². The number of furan rings is 1. The smallest absolute Gasteiger partial charge is 0.272 e. The van der Waals surface area contributed by atoms with Gasteiger partial charge in [-0.05, 0) is 36.8 Å². The molecular weight excluding hydrogens is 254 g/mol. The van der Waals surface area contributed by atoms with E-state index in [0.29, 0.717) is 29.3 Å². The Morgan fingerprint density at radius 3 is 2.85 bits per heavy atom. The Labute approximate surface area is 116 Å². The van der Waals surface area contributed by atoms with E-state index in [4.69, 9.17) is 4.42 Å². The monoisotopic (exact) mass is 271 g/mol. The molecule has 0 aliphatic heterocycles. The lowest BCUT2D eigenvalue weighted by atomic mass is 10.0. The van der Waals surface area contributed by atoms with Crippen molar-refractivity contribution in [3.8, 4) is 11.5 Å². The Kier molecular flexibility index (Phi) is 2.65. The van der Waals surface area contributed by atoms with Gasteiger partial charge in [0, 0.05) is 12.1 Å². The third-order valence-electron chi connectivity index (χ3n) is 4.55. The van der Waals surface area contributed by atoms with Gasteiger partial charge >= 0.3 is 0 Å². The van der Waals surface area contributed by atoms with Gasteiger partial charge in [0.05, 0.1) is 6.26 Å². The Bertz CT molecular complexity index is 605. The summed E-state index contributed by atoms with van der Waals surface area (Å²) in [6.07, 6.45) is 6.73. The minimum absolute atomic E-state index is 0.0848. The van der Waals surface area contributed by atoms with Gasteiger partial charge in [-0.1, -0.05) is 12.8 Å². The maximum absolute atomic E-state index is 12.2. The topological polar surface area (TPSA) is 70.9 Å². The lowest BCUT2D eigenvalue weighted by Crippen LogP contribution is -2.27. The number of fused-ring (bicyclic) bond motifs is 1. The highest BCUT2D eigenvalue weighted by atomic mass is 16.3. The minimum atomic E-state index is -0.0848. The quantitative estimate of drug-likeness (QED) is 0.901. The predicted octanol–water partition coefficient (Wildman–Crippen LogP) is 2.59. The molecule has 2 atom stereocenters. The first-order valence-corrected chi connectivity index (χ1v) is 7.23. The first kappa shape index (κ1) is 11.8. The molecule has 2 saturated carbocycles. The molecule has 2 unspecified atom stereocenters.